The zero-order valence-corrected chi connectivity index (χ0v) is 17.1. The molecule has 7 nitrogen and oxygen atoms in total. The van der Waals surface area contributed by atoms with Gasteiger partial charge in [0.25, 0.3) is 6.47 Å². The molecule has 1 atom stereocenters. The molecule has 0 aliphatic carbocycles. The van der Waals surface area contributed by atoms with Crippen molar-refractivity contribution in [3.8, 4) is 5.75 Å². The first-order chi connectivity index (χ1) is 14.5. The van der Waals surface area contributed by atoms with E-state index in [0.717, 1.165) is 46.1 Å². The lowest BCUT2D eigenvalue weighted by Gasteiger charge is -2.22. The predicted molar refractivity (Wildman–Crippen MR) is 110 cm³/mol. The molecule has 0 amide bonds. The number of benzene rings is 1. The third-order valence-electron chi connectivity index (χ3n) is 5.76. The van der Waals surface area contributed by atoms with Crippen molar-refractivity contribution in [3.05, 3.63) is 52.2 Å². The quantitative estimate of drug-likeness (QED) is 0.557. The summed E-state index contributed by atoms with van der Waals surface area (Å²) in [5.41, 5.74) is 5.89. The van der Waals surface area contributed by atoms with E-state index in [9.17, 15) is 14.4 Å². The van der Waals surface area contributed by atoms with Crippen LogP contribution < -0.4 is 4.74 Å². The highest BCUT2D eigenvalue weighted by molar-refractivity contribution is 5.91. The summed E-state index contributed by atoms with van der Waals surface area (Å²) >= 11 is 0. The minimum atomic E-state index is -0.516. The molecule has 154 valence electrons. The Labute approximate surface area is 174 Å². The van der Waals surface area contributed by atoms with Gasteiger partial charge in [0.1, 0.15) is 18.6 Å². The van der Waals surface area contributed by atoms with Gasteiger partial charge < -0.3 is 14.4 Å². The van der Waals surface area contributed by atoms with E-state index in [1.807, 2.05) is 25.3 Å². The number of aldehydes is 1. The number of esters is 1. The van der Waals surface area contributed by atoms with Crippen molar-refractivity contribution in [1.82, 2.24) is 9.88 Å². The summed E-state index contributed by atoms with van der Waals surface area (Å²) in [6.07, 6.45) is 3.44. The summed E-state index contributed by atoms with van der Waals surface area (Å²) in [4.78, 5) is 41.3. The fourth-order valence-electron chi connectivity index (χ4n) is 4.17. The number of aryl methyl sites for hydroxylation is 1. The minimum absolute atomic E-state index is 0.00672. The van der Waals surface area contributed by atoms with Gasteiger partial charge in [0.15, 0.2) is 0 Å². The van der Waals surface area contributed by atoms with Crippen LogP contribution in [0.3, 0.4) is 0 Å². The van der Waals surface area contributed by atoms with Gasteiger partial charge in [-0.25, -0.2) is 4.98 Å². The maximum atomic E-state index is 12.1. The number of fused-ring (bicyclic) bond motifs is 2. The number of allylic oxidation sites excluding steroid dienone is 1. The number of cyclic esters (lactones) is 1. The second kappa shape index (κ2) is 7.74. The van der Waals surface area contributed by atoms with Crippen molar-refractivity contribution in [3.63, 3.8) is 0 Å². The Hall–Kier alpha value is -3.48. The minimum Gasteiger partial charge on any atom is -0.460 e. The van der Waals surface area contributed by atoms with Crippen LogP contribution in [0.2, 0.25) is 0 Å². The molecule has 0 radical (unpaired) electrons. The molecule has 30 heavy (non-hydrogen) atoms. The van der Waals surface area contributed by atoms with Crippen LogP contribution in [0, 0.1) is 5.92 Å². The molecule has 0 bridgehead atoms. The van der Waals surface area contributed by atoms with E-state index in [2.05, 4.69) is 11.8 Å². The van der Waals surface area contributed by atoms with E-state index in [1.165, 1.54) is 0 Å². The Kier molecular flexibility index (Phi) is 5.11. The van der Waals surface area contributed by atoms with Gasteiger partial charge in [0, 0.05) is 30.1 Å². The molecule has 0 saturated carbocycles. The van der Waals surface area contributed by atoms with Gasteiger partial charge in [-0.05, 0) is 48.8 Å². The van der Waals surface area contributed by atoms with Crippen LogP contribution in [-0.2, 0) is 32.1 Å². The maximum Gasteiger partial charge on any atom is 0.313 e. The average Bonchev–Trinajstić information content (AvgIpc) is 3.05. The number of carbonyl (C=O) groups is 3. The first kappa shape index (κ1) is 19.8. The molecule has 3 heterocycles. The van der Waals surface area contributed by atoms with Crippen molar-refractivity contribution in [2.24, 2.45) is 5.92 Å². The van der Waals surface area contributed by atoms with E-state index in [0.29, 0.717) is 29.9 Å². The number of hydrogen-bond acceptors (Lipinski definition) is 7. The molecular formula is C23H22N2O5. The fourth-order valence-corrected chi connectivity index (χ4v) is 4.17. The highest BCUT2D eigenvalue weighted by atomic mass is 16.5. The van der Waals surface area contributed by atoms with Crippen molar-refractivity contribution in [1.29, 1.82) is 0 Å². The largest absolute Gasteiger partial charge is 0.460 e. The number of rotatable bonds is 5. The molecule has 0 spiro atoms. The van der Waals surface area contributed by atoms with Crippen LogP contribution in [0.15, 0.2) is 35.4 Å². The van der Waals surface area contributed by atoms with Gasteiger partial charge >= 0.3 is 5.97 Å². The van der Waals surface area contributed by atoms with Crippen LogP contribution in [0.1, 0.15) is 30.7 Å². The normalized spacial score (nSPS) is 19.8. The lowest BCUT2D eigenvalue weighted by molar-refractivity contribution is -0.146. The number of hydrogen-bond donors (Lipinski definition) is 0. The standard InChI is InChI=1S/C23H22N2O5/c1-4-16-18-7-15(30-12-27)5-6-20(18)24-22-19(16)9-25(3)21(22)8-17-13(2)23(28)29-11-14(17)10-26/h5-8,10,12-13H,4,9,11H2,1-3H3/b21-8-. The molecule has 2 aliphatic heterocycles. The smallest absolute Gasteiger partial charge is 0.313 e. The Balaban J connectivity index is 1.91. The molecule has 1 aromatic carbocycles. The zero-order chi connectivity index (χ0) is 21.4. The van der Waals surface area contributed by atoms with Crippen molar-refractivity contribution < 1.29 is 23.9 Å². The monoisotopic (exact) mass is 406 g/mol. The Morgan fingerprint density at radius 2 is 2.13 bits per heavy atom. The fraction of sp³-hybridized carbons (Fsp3) is 0.304. The number of aromatic nitrogens is 1. The van der Waals surface area contributed by atoms with Crippen LogP contribution in [-0.4, -0.2) is 42.3 Å². The van der Waals surface area contributed by atoms with Crippen LogP contribution in [0.5, 0.6) is 5.75 Å². The zero-order valence-electron chi connectivity index (χ0n) is 17.1. The van der Waals surface area contributed by atoms with E-state index >= 15 is 0 Å². The number of pyridine rings is 1. The number of ether oxygens (including phenoxy) is 2. The number of nitrogens with zero attached hydrogens (tertiary/aromatic N) is 2. The third-order valence-corrected chi connectivity index (χ3v) is 5.76. The molecule has 0 fully saturated rings. The van der Waals surface area contributed by atoms with Gasteiger partial charge in [0.05, 0.1) is 22.8 Å². The average molecular weight is 406 g/mol. The summed E-state index contributed by atoms with van der Waals surface area (Å²) in [7, 11) is 1.96. The first-order valence-electron chi connectivity index (χ1n) is 9.82. The van der Waals surface area contributed by atoms with Gasteiger partial charge in [-0.1, -0.05) is 6.92 Å². The van der Waals surface area contributed by atoms with Crippen molar-refractivity contribution in [2.45, 2.75) is 26.8 Å². The SMILES string of the molecule is CCc1c2c(nc3ccc(OC=O)cc13)/C(=C/C1=C(C=O)COC(=O)C1C)N(C)C2. The molecule has 0 N–H and O–H groups in total. The summed E-state index contributed by atoms with van der Waals surface area (Å²) < 4.78 is 10.1. The Bertz CT molecular complexity index is 1130. The molecule has 1 aromatic heterocycles. The van der Waals surface area contributed by atoms with Crippen LogP contribution >= 0.6 is 0 Å². The second-order valence-corrected chi connectivity index (χ2v) is 7.48. The molecule has 2 aliphatic rings. The van der Waals surface area contributed by atoms with E-state index in [1.54, 1.807) is 13.0 Å². The van der Waals surface area contributed by atoms with Gasteiger partial charge in [-0.15, -0.1) is 0 Å². The van der Waals surface area contributed by atoms with Gasteiger partial charge in [-0.2, -0.15) is 0 Å². The number of carbonyl (C=O) groups excluding carboxylic acids is 3. The molecule has 7 heteroatoms. The Morgan fingerprint density at radius 3 is 2.83 bits per heavy atom. The van der Waals surface area contributed by atoms with Crippen LogP contribution in [0.4, 0.5) is 0 Å². The summed E-state index contributed by atoms with van der Waals surface area (Å²) in [5, 5.41) is 0.952. The lowest BCUT2D eigenvalue weighted by Crippen LogP contribution is -2.26. The van der Waals surface area contributed by atoms with Crippen LogP contribution in [0.25, 0.3) is 16.6 Å². The van der Waals surface area contributed by atoms with E-state index < -0.39 is 5.92 Å². The van der Waals surface area contributed by atoms with Gasteiger partial charge in [0.2, 0.25) is 0 Å². The predicted octanol–water partition coefficient (Wildman–Crippen LogP) is 2.81. The molecule has 0 saturated heterocycles. The molecular weight excluding hydrogens is 384 g/mol. The molecule has 2 aromatic rings. The van der Waals surface area contributed by atoms with E-state index in [4.69, 9.17) is 14.5 Å². The third kappa shape index (κ3) is 3.16. The summed E-state index contributed by atoms with van der Waals surface area (Å²) in [6, 6.07) is 5.38. The summed E-state index contributed by atoms with van der Waals surface area (Å²) in [6.45, 7) is 4.89. The molecule has 1 unspecified atom stereocenters. The van der Waals surface area contributed by atoms with Crippen molar-refractivity contribution >= 4 is 35.3 Å². The maximum absolute atomic E-state index is 12.1. The highest BCUT2D eigenvalue weighted by Crippen LogP contribution is 2.38. The second-order valence-electron chi connectivity index (χ2n) is 7.48. The topological polar surface area (TPSA) is 85.8 Å². The Morgan fingerprint density at radius 1 is 1.33 bits per heavy atom. The lowest BCUT2D eigenvalue weighted by atomic mass is 9.92. The summed E-state index contributed by atoms with van der Waals surface area (Å²) in [5.74, 6) is -0.374. The van der Waals surface area contributed by atoms with Crippen molar-refractivity contribution in [2.75, 3.05) is 13.7 Å². The highest BCUT2D eigenvalue weighted by Gasteiger charge is 2.31. The molecule has 4 rings (SSSR count). The first-order valence-corrected chi connectivity index (χ1v) is 9.82. The van der Waals surface area contributed by atoms with Gasteiger partial charge in [-0.3, -0.25) is 14.4 Å². The van der Waals surface area contributed by atoms with E-state index in [-0.39, 0.29) is 12.6 Å².